The van der Waals surface area contributed by atoms with Crippen molar-refractivity contribution in [2.75, 3.05) is 39.8 Å². The molecule has 1 aliphatic rings. The van der Waals surface area contributed by atoms with E-state index in [9.17, 15) is 0 Å². The van der Waals surface area contributed by atoms with Crippen LogP contribution < -0.4 is 0 Å². The summed E-state index contributed by atoms with van der Waals surface area (Å²) in [4.78, 5) is 14.7. The van der Waals surface area contributed by atoms with Crippen molar-refractivity contribution < 1.29 is 15.0 Å². The molecule has 1 fully saturated rings. The number of aliphatic hydroxyl groups excluding tert-OH is 1. The summed E-state index contributed by atoms with van der Waals surface area (Å²) in [6.07, 6.45) is 5.53. The fourth-order valence-corrected chi connectivity index (χ4v) is 3.58. The minimum absolute atomic E-state index is 0.0685. The van der Waals surface area contributed by atoms with E-state index in [4.69, 9.17) is 15.0 Å². The lowest BCUT2D eigenvalue weighted by Crippen LogP contribution is -2.33. The molecule has 0 aromatic carbocycles. The molecule has 1 aliphatic heterocycles. The largest absolute Gasteiger partial charge is 0.483 e. The summed E-state index contributed by atoms with van der Waals surface area (Å²) in [5.41, 5.74) is 1.02. The van der Waals surface area contributed by atoms with Crippen LogP contribution in [0, 0.1) is 11.8 Å². The summed E-state index contributed by atoms with van der Waals surface area (Å²) < 4.78 is 0. The fraction of sp³-hybridized carbons (Fsp3) is 0.611. The van der Waals surface area contributed by atoms with Crippen LogP contribution in [0.3, 0.4) is 0 Å². The Morgan fingerprint density at radius 3 is 2.62 bits per heavy atom. The average molecular weight is 352 g/mol. The van der Waals surface area contributed by atoms with Crippen LogP contribution in [0.2, 0.25) is 0 Å². The van der Waals surface area contributed by atoms with Gasteiger partial charge in [-0.1, -0.05) is 24.7 Å². The summed E-state index contributed by atoms with van der Waals surface area (Å²) >= 11 is 1.75. The minimum Gasteiger partial charge on any atom is -0.483 e. The van der Waals surface area contributed by atoms with Crippen molar-refractivity contribution in [3.05, 3.63) is 21.9 Å². The van der Waals surface area contributed by atoms with Crippen molar-refractivity contribution in [3.8, 4) is 11.8 Å². The summed E-state index contributed by atoms with van der Waals surface area (Å²) in [5.74, 6) is 5.66. The predicted molar refractivity (Wildman–Crippen MR) is 98.2 cm³/mol. The zero-order chi connectivity index (χ0) is 17.6. The highest BCUT2D eigenvalue weighted by Crippen LogP contribution is 2.16. The van der Waals surface area contributed by atoms with E-state index in [-0.39, 0.29) is 13.1 Å². The highest BCUT2D eigenvalue weighted by Gasteiger charge is 2.10. The van der Waals surface area contributed by atoms with Crippen LogP contribution >= 0.6 is 11.3 Å². The molecule has 134 valence electrons. The Bertz CT molecular complexity index is 514. The second-order valence-corrected chi connectivity index (χ2v) is 6.86. The number of hydrogen-bond donors (Lipinski definition) is 2. The van der Waals surface area contributed by atoms with Crippen LogP contribution in [0.25, 0.3) is 0 Å². The molecule has 0 saturated carbocycles. The van der Waals surface area contributed by atoms with Gasteiger partial charge >= 0.3 is 0 Å². The number of carbonyl (C=O) groups is 1. The van der Waals surface area contributed by atoms with Crippen molar-refractivity contribution in [2.24, 2.45) is 0 Å². The second kappa shape index (κ2) is 13.0. The molecule has 1 aromatic heterocycles. The number of likely N-dealkylation sites (tertiary alicyclic amines) is 1. The second-order valence-electron chi connectivity index (χ2n) is 5.86. The third kappa shape index (κ3) is 9.04. The SMILES string of the molecule is CN(CCN1CCCCCC1)Cc1cc(C#CCO)cs1.O=CO. The van der Waals surface area contributed by atoms with E-state index in [2.05, 4.69) is 40.1 Å². The van der Waals surface area contributed by atoms with E-state index in [0.29, 0.717) is 0 Å². The molecule has 1 saturated heterocycles. The Hall–Kier alpha value is -1.39. The Labute approximate surface area is 148 Å². The van der Waals surface area contributed by atoms with Gasteiger partial charge in [-0.25, -0.2) is 0 Å². The number of thiophene rings is 1. The fourth-order valence-electron chi connectivity index (χ4n) is 2.69. The zero-order valence-electron chi connectivity index (χ0n) is 14.4. The quantitative estimate of drug-likeness (QED) is 0.628. The molecular weight excluding hydrogens is 324 g/mol. The van der Waals surface area contributed by atoms with Crippen molar-refractivity contribution in [1.29, 1.82) is 0 Å². The monoisotopic (exact) mass is 352 g/mol. The molecule has 0 amide bonds. The summed E-state index contributed by atoms with van der Waals surface area (Å²) in [6, 6.07) is 2.13. The van der Waals surface area contributed by atoms with Crippen LogP contribution in [-0.4, -0.2) is 66.3 Å². The van der Waals surface area contributed by atoms with Crippen molar-refractivity contribution in [1.82, 2.24) is 9.80 Å². The van der Waals surface area contributed by atoms with Crippen molar-refractivity contribution in [2.45, 2.75) is 32.2 Å². The van der Waals surface area contributed by atoms with Gasteiger partial charge in [-0.05, 0) is 39.0 Å². The number of rotatable bonds is 5. The van der Waals surface area contributed by atoms with Crippen molar-refractivity contribution >= 4 is 17.8 Å². The zero-order valence-corrected chi connectivity index (χ0v) is 15.2. The predicted octanol–water partition coefficient (Wildman–Crippen LogP) is 2.10. The topological polar surface area (TPSA) is 64.0 Å². The molecule has 2 heterocycles. The van der Waals surface area contributed by atoms with Crippen LogP contribution in [-0.2, 0) is 11.3 Å². The summed E-state index contributed by atoms with van der Waals surface area (Å²) in [7, 11) is 2.19. The van der Waals surface area contributed by atoms with E-state index in [1.54, 1.807) is 11.3 Å². The molecule has 0 aliphatic carbocycles. The molecule has 5 nitrogen and oxygen atoms in total. The lowest BCUT2D eigenvalue weighted by atomic mass is 10.2. The molecule has 0 atom stereocenters. The van der Waals surface area contributed by atoms with E-state index >= 15 is 0 Å². The molecule has 2 rings (SSSR count). The van der Waals surface area contributed by atoms with Gasteiger partial charge in [0.05, 0.1) is 0 Å². The van der Waals surface area contributed by atoms with E-state index in [1.807, 2.05) is 0 Å². The molecule has 0 unspecified atom stereocenters. The Morgan fingerprint density at radius 2 is 2.00 bits per heavy atom. The number of likely N-dealkylation sites (N-methyl/N-ethyl adjacent to an activating group) is 1. The van der Waals surface area contributed by atoms with Gasteiger partial charge in [-0.15, -0.1) is 11.3 Å². The Morgan fingerprint density at radius 1 is 1.33 bits per heavy atom. The maximum atomic E-state index is 8.71. The molecule has 0 bridgehead atoms. The summed E-state index contributed by atoms with van der Waals surface area (Å²) in [6.45, 7) is 5.51. The van der Waals surface area contributed by atoms with Gasteiger partial charge in [0.15, 0.2) is 0 Å². The van der Waals surface area contributed by atoms with Gasteiger partial charge in [0, 0.05) is 35.5 Å². The van der Waals surface area contributed by atoms with Gasteiger partial charge in [-0.2, -0.15) is 0 Å². The van der Waals surface area contributed by atoms with Crippen molar-refractivity contribution in [3.63, 3.8) is 0 Å². The standard InChI is InChI=1S/C17H26N2OS.CH2O2/c1-18(10-11-19-8-4-2-3-5-9-19)14-17-13-16(15-21-17)7-6-12-20;2-1-3/h13,15,20H,2-5,8-12,14H2,1H3;1H,(H,2,3). The number of aliphatic hydroxyl groups is 1. The number of carboxylic acid groups (broad SMARTS) is 1. The van der Waals surface area contributed by atoms with Gasteiger partial charge in [0.25, 0.3) is 6.47 Å². The van der Waals surface area contributed by atoms with Gasteiger partial charge in [-0.3, -0.25) is 4.79 Å². The molecule has 2 N–H and O–H groups in total. The number of hydrogen-bond acceptors (Lipinski definition) is 5. The maximum Gasteiger partial charge on any atom is 0.290 e. The normalized spacial score (nSPS) is 15.0. The van der Waals surface area contributed by atoms with Gasteiger partial charge < -0.3 is 20.0 Å². The Balaban J connectivity index is 0.000000891. The highest BCUT2D eigenvalue weighted by molar-refractivity contribution is 7.10. The first-order chi connectivity index (χ1) is 11.7. The third-order valence-corrected chi connectivity index (χ3v) is 4.81. The molecular formula is C18H28N2O3S. The first-order valence-electron chi connectivity index (χ1n) is 8.35. The van der Waals surface area contributed by atoms with Crippen LogP contribution in [0.1, 0.15) is 36.1 Å². The van der Waals surface area contributed by atoms with Crippen LogP contribution in [0.5, 0.6) is 0 Å². The van der Waals surface area contributed by atoms with Gasteiger partial charge in [0.1, 0.15) is 6.61 Å². The molecule has 24 heavy (non-hydrogen) atoms. The lowest BCUT2D eigenvalue weighted by Gasteiger charge is -2.23. The third-order valence-electron chi connectivity index (χ3n) is 3.89. The first kappa shape index (κ1) is 20.7. The minimum atomic E-state index is -0.250. The molecule has 1 aromatic rings. The number of nitrogens with zero attached hydrogens (tertiary/aromatic N) is 2. The highest BCUT2D eigenvalue weighted by atomic mass is 32.1. The van der Waals surface area contributed by atoms with E-state index in [0.717, 1.165) is 18.7 Å². The van der Waals surface area contributed by atoms with E-state index in [1.165, 1.54) is 50.2 Å². The molecule has 6 heteroatoms. The molecule has 0 spiro atoms. The lowest BCUT2D eigenvalue weighted by molar-refractivity contribution is -0.122. The van der Waals surface area contributed by atoms with Gasteiger partial charge in [0.2, 0.25) is 0 Å². The summed E-state index contributed by atoms with van der Waals surface area (Å²) in [5, 5.41) is 17.7. The van der Waals surface area contributed by atoms with Crippen LogP contribution in [0.15, 0.2) is 11.4 Å². The van der Waals surface area contributed by atoms with E-state index < -0.39 is 0 Å². The first-order valence-corrected chi connectivity index (χ1v) is 9.23. The average Bonchev–Trinajstić information content (AvgIpc) is 2.84. The van der Waals surface area contributed by atoms with Crippen LogP contribution in [0.4, 0.5) is 0 Å². The maximum absolute atomic E-state index is 8.71. The molecule has 0 radical (unpaired) electrons. The smallest absolute Gasteiger partial charge is 0.290 e. The Kier molecular flexibility index (Phi) is 11.2.